The molecular formula is C16H16Cl2O2. The normalized spacial score (nSPS) is 12.2. The highest BCUT2D eigenvalue weighted by Crippen LogP contribution is 2.28. The number of aliphatic hydroxyl groups is 1. The highest BCUT2D eigenvalue weighted by atomic mass is 35.5. The molecule has 0 heterocycles. The van der Waals surface area contributed by atoms with Crippen LogP contribution >= 0.6 is 23.2 Å². The number of halogens is 2. The molecule has 0 saturated carbocycles. The summed E-state index contributed by atoms with van der Waals surface area (Å²) in [5.41, 5.74) is 2.66. The zero-order chi connectivity index (χ0) is 14.7. The highest BCUT2D eigenvalue weighted by molar-refractivity contribution is 6.33. The van der Waals surface area contributed by atoms with Crippen molar-refractivity contribution in [2.24, 2.45) is 0 Å². The predicted octanol–water partition coefficient (Wildman–Crippen LogP) is 4.93. The molecule has 0 radical (unpaired) electrons. The average molecular weight is 311 g/mol. The number of aliphatic hydroxyl groups excluding tert-OH is 1. The summed E-state index contributed by atoms with van der Waals surface area (Å²) >= 11 is 12.0. The summed E-state index contributed by atoms with van der Waals surface area (Å²) in [6, 6.07) is 11.0. The lowest BCUT2D eigenvalue weighted by Crippen LogP contribution is -2.02. The number of hydrogen-bond acceptors (Lipinski definition) is 2. The second-order valence-electron chi connectivity index (χ2n) is 4.74. The van der Waals surface area contributed by atoms with E-state index in [1.54, 1.807) is 25.1 Å². The predicted molar refractivity (Wildman–Crippen MR) is 82.6 cm³/mol. The van der Waals surface area contributed by atoms with Crippen molar-refractivity contribution in [3.63, 3.8) is 0 Å². The number of benzene rings is 2. The minimum Gasteiger partial charge on any atom is -0.488 e. The Hall–Kier alpha value is -1.22. The molecule has 2 nitrogen and oxygen atoms in total. The van der Waals surface area contributed by atoms with E-state index in [1.807, 2.05) is 25.1 Å². The average Bonchev–Trinajstić information content (AvgIpc) is 2.40. The molecule has 106 valence electrons. The number of hydrogen-bond donors (Lipinski definition) is 1. The summed E-state index contributed by atoms with van der Waals surface area (Å²) in [6.45, 7) is 4.00. The van der Waals surface area contributed by atoms with E-state index in [0.717, 1.165) is 16.7 Å². The highest BCUT2D eigenvalue weighted by Gasteiger charge is 2.10. The Kier molecular flexibility index (Phi) is 4.92. The van der Waals surface area contributed by atoms with E-state index in [-0.39, 0.29) is 0 Å². The van der Waals surface area contributed by atoms with Crippen molar-refractivity contribution in [1.82, 2.24) is 0 Å². The maximum Gasteiger partial charge on any atom is 0.125 e. The molecule has 0 spiro atoms. The topological polar surface area (TPSA) is 29.5 Å². The van der Waals surface area contributed by atoms with Crippen molar-refractivity contribution in [3.8, 4) is 5.75 Å². The van der Waals surface area contributed by atoms with Crippen molar-refractivity contribution < 1.29 is 9.84 Å². The molecule has 0 aliphatic rings. The monoisotopic (exact) mass is 310 g/mol. The van der Waals surface area contributed by atoms with Gasteiger partial charge in [0.15, 0.2) is 0 Å². The van der Waals surface area contributed by atoms with E-state index in [0.29, 0.717) is 22.4 Å². The van der Waals surface area contributed by atoms with Gasteiger partial charge >= 0.3 is 0 Å². The Labute approximate surface area is 128 Å². The molecule has 2 aromatic carbocycles. The summed E-state index contributed by atoms with van der Waals surface area (Å²) < 4.78 is 5.77. The van der Waals surface area contributed by atoms with Gasteiger partial charge in [0.1, 0.15) is 12.4 Å². The largest absolute Gasteiger partial charge is 0.488 e. The number of ether oxygens (including phenoxy) is 1. The van der Waals surface area contributed by atoms with E-state index < -0.39 is 6.10 Å². The number of rotatable bonds is 4. The van der Waals surface area contributed by atoms with Gasteiger partial charge in [0.2, 0.25) is 0 Å². The molecule has 0 fully saturated rings. The van der Waals surface area contributed by atoms with Crippen LogP contribution < -0.4 is 4.74 Å². The van der Waals surface area contributed by atoms with Crippen LogP contribution in [-0.4, -0.2) is 5.11 Å². The summed E-state index contributed by atoms with van der Waals surface area (Å²) in [5.74, 6) is 0.654. The Morgan fingerprint density at radius 2 is 1.90 bits per heavy atom. The van der Waals surface area contributed by atoms with E-state index in [4.69, 9.17) is 27.9 Å². The van der Waals surface area contributed by atoms with Crippen LogP contribution in [0.4, 0.5) is 0 Å². The van der Waals surface area contributed by atoms with Gasteiger partial charge in [0.25, 0.3) is 0 Å². The molecule has 2 aromatic rings. The van der Waals surface area contributed by atoms with E-state index in [9.17, 15) is 5.11 Å². The zero-order valence-corrected chi connectivity index (χ0v) is 12.9. The molecule has 20 heavy (non-hydrogen) atoms. The van der Waals surface area contributed by atoms with Gasteiger partial charge in [0.05, 0.1) is 6.10 Å². The fourth-order valence-corrected chi connectivity index (χ4v) is 2.30. The van der Waals surface area contributed by atoms with Gasteiger partial charge < -0.3 is 9.84 Å². The Morgan fingerprint density at radius 3 is 2.60 bits per heavy atom. The summed E-state index contributed by atoms with van der Waals surface area (Å²) in [4.78, 5) is 0. The molecule has 1 N–H and O–H groups in total. The van der Waals surface area contributed by atoms with Crippen molar-refractivity contribution in [2.75, 3.05) is 0 Å². The van der Waals surface area contributed by atoms with Gasteiger partial charge in [-0.25, -0.2) is 0 Å². The number of aryl methyl sites for hydroxylation is 1. The minimum absolute atomic E-state index is 0.308. The molecule has 1 atom stereocenters. The molecule has 0 aliphatic heterocycles. The lowest BCUT2D eigenvalue weighted by atomic mass is 10.1. The Morgan fingerprint density at radius 1 is 1.15 bits per heavy atom. The van der Waals surface area contributed by atoms with E-state index in [2.05, 4.69) is 0 Å². The SMILES string of the molecule is Cc1ccc(OCc2cc(Cl)ccc2Cl)c(C(C)O)c1. The first-order chi connectivity index (χ1) is 9.47. The maximum atomic E-state index is 9.80. The molecular weight excluding hydrogens is 295 g/mol. The fourth-order valence-electron chi connectivity index (χ4n) is 1.94. The maximum absolute atomic E-state index is 9.80. The van der Waals surface area contributed by atoms with Crippen LogP contribution in [0.2, 0.25) is 10.0 Å². The van der Waals surface area contributed by atoms with Gasteiger partial charge in [-0.2, -0.15) is 0 Å². The molecule has 1 unspecified atom stereocenters. The van der Waals surface area contributed by atoms with Crippen LogP contribution in [0.5, 0.6) is 5.75 Å². The van der Waals surface area contributed by atoms with E-state index in [1.165, 1.54) is 0 Å². The minimum atomic E-state index is -0.584. The Balaban J connectivity index is 2.20. The molecule has 0 saturated heterocycles. The third kappa shape index (κ3) is 3.66. The van der Waals surface area contributed by atoms with Crippen LogP contribution in [0.15, 0.2) is 36.4 Å². The molecule has 0 aliphatic carbocycles. The van der Waals surface area contributed by atoms with Crippen LogP contribution in [0.1, 0.15) is 29.7 Å². The van der Waals surface area contributed by atoms with Crippen LogP contribution in [-0.2, 0) is 6.61 Å². The summed E-state index contributed by atoms with van der Waals surface area (Å²) in [7, 11) is 0. The third-order valence-corrected chi connectivity index (χ3v) is 3.61. The van der Waals surface area contributed by atoms with Crippen molar-refractivity contribution in [2.45, 2.75) is 26.6 Å². The lowest BCUT2D eigenvalue weighted by Gasteiger charge is -2.15. The quantitative estimate of drug-likeness (QED) is 0.867. The first-order valence-electron chi connectivity index (χ1n) is 6.32. The fraction of sp³-hybridized carbons (Fsp3) is 0.250. The van der Waals surface area contributed by atoms with Crippen molar-refractivity contribution in [1.29, 1.82) is 0 Å². The van der Waals surface area contributed by atoms with E-state index >= 15 is 0 Å². The first kappa shape index (κ1) is 15.2. The smallest absolute Gasteiger partial charge is 0.125 e. The lowest BCUT2D eigenvalue weighted by molar-refractivity contribution is 0.190. The molecule has 4 heteroatoms. The van der Waals surface area contributed by atoms with Crippen molar-refractivity contribution in [3.05, 3.63) is 63.1 Å². The van der Waals surface area contributed by atoms with Crippen LogP contribution in [0.25, 0.3) is 0 Å². The zero-order valence-electron chi connectivity index (χ0n) is 11.4. The summed E-state index contributed by atoms with van der Waals surface area (Å²) in [6.07, 6.45) is -0.584. The van der Waals surface area contributed by atoms with Gasteiger partial charge in [-0.3, -0.25) is 0 Å². The molecule has 0 bridgehead atoms. The van der Waals surface area contributed by atoms with Gasteiger partial charge in [0, 0.05) is 21.2 Å². The van der Waals surface area contributed by atoms with Gasteiger partial charge in [-0.05, 0) is 44.2 Å². The van der Waals surface area contributed by atoms with Crippen LogP contribution in [0, 0.1) is 6.92 Å². The standard InChI is InChI=1S/C16H16Cl2O2/c1-10-3-6-16(14(7-10)11(2)19)20-9-12-8-13(17)4-5-15(12)18/h3-8,11,19H,9H2,1-2H3. The molecule has 0 aromatic heterocycles. The second-order valence-corrected chi connectivity index (χ2v) is 5.59. The van der Waals surface area contributed by atoms with Gasteiger partial charge in [-0.15, -0.1) is 0 Å². The first-order valence-corrected chi connectivity index (χ1v) is 7.08. The molecule has 2 rings (SSSR count). The second kappa shape index (κ2) is 6.49. The molecule has 0 amide bonds. The summed E-state index contributed by atoms with van der Waals surface area (Å²) in [5, 5.41) is 11.0. The third-order valence-electron chi connectivity index (χ3n) is 3.01. The van der Waals surface area contributed by atoms with Crippen LogP contribution in [0.3, 0.4) is 0 Å². The van der Waals surface area contributed by atoms with Crippen molar-refractivity contribution >= 4 is 23.2 Å². The van der Waals surface area contributed by atoms with Gasteiger partial charge in [-0.1, -0.05) is 34.8 Å². The Bertz CT molecular complexity index is 609.